The van der Waals surface area contributed by atoms with Gasteiger partial charge in [-0.05, 0) is 42.8 Å². The second-order valence-corrected chi connectivity index (χ2v) is 8.03. The molecule has 0 aliphatic rings. The molecular formula is C27H39NO4. The van der Waals surface area contributed by atoms with Crippen LogP contribution in [0.2, 0.25) is 0 Å². The van der Waals surface area contributed by atoms with Crippen molar-refractivity contribution in [2.75, 3.05) is 32.8 Å². The van der Waals surface area contributed by atoms with Crippen molar-refractivity contribution in [3.63, 3.8) is 0 Å². The van der Waals surface area contributed by atoms with E-state index in [0.29, 0.717) is 24.3 Å². The Morgan fingerprint density at radius 1 is 0.844 bits per heavy atom. The summed E-state index contributed by atoms with van der Waals surface area (Å²) in [5.41, 5.74) is -0.923. The number of likely N-dealkylation sites (N-methyl/N-ethyl adjacent to an activating group) is 1. The second kappa shape index (κ2) is 13.9. The zero-order valence-electron chi connectivity index (χ0n) is 19.9. The molecule has 1 atom stereocenters. The summed E-state index contributed by atoms with van der Waals surface area (Å²) in [5.74, 6) is 0.0648. The van der Waals surface area contributed by atoms with Crippen LogP contribution < -0.4 is 4.74 Å². The molecule has 0 saturated carbocycles. The molecule has 2 rings (SSSR count). The van der Waals surface area contributed by atoms with Gasteiger partial charge in [-0.2, -0.15) is 0 Å². The molecule has 0 amide bonds. The molecule has 0 spiro atoms. The Bertz CT molecular complexity index is 774. The van der Waals surface area contributed by atoms with E-state index in [1.807, 2.05) is 6.07 Å². The summed E-state index contributed by atoms with van der Waals surface area (Å²) in [4.78, 5) is 15.3. The molecule has 0 fully saturated rings. The van der Waals surface area contributed by atoms with Crippen LogP contribution in [0.5, 0.6) is 5.75 Å². The SMILES string of the molecule is CCCCCCCOc1ccc(C(O)(C(=O)OCCN(CC)CC)c2ccccc2)cc1. The standard InChI is InChI=1S/C27H39NO4/c1-4-7-8-9-13-21-31-25-18-16-24(17-19-25)27(30,23-14-11-10-12-15-23)26(29)32-22-20-28(5-2)6-3/h10-12,14-19,30H,4-9,13,20-22H2,1-3H3. The predicted octanol–water partition coefficient (Wildman–Crippen LogP) is 5.16. The molecule has 0 heterocycles. The Morgan fingerprint density at radius 3 is 2.09 bits per heavy atom. The van der Waals surface area contributed by atoms with Crippen molar-refractivity contribution >= 4 is 5.97 Å². The summed E-state index contributed by atoms with van der Waals surface area (Å²) in [6.45, 7) is 9.65. The van der Waals surface area contributed by atoms with Crippen LogP contribution in [-0.2, 0) is 15.1 Å². The number of carbonyl (C=O) groups is 1. The van der Waals surface area contributed by atoms with Crippen molar-refractivity contribution in [3.05, 3.63) is 65.7 Å². The summed E-state index contributed by atoms with van der Waals surface area (Å²) in [5, 5.41) is 11.6. The fourth-order valence-electron chi connectivity index (χ4n) is 3.68. The number of hydrogen-bond acceptors (Lipinski definition) is 5. The molecule has 32 heavy (non-hydrogen) atoms. The van der Waals surface area contributed by atoms with Gasteiger partial charge >= 0.3 is 5.97 Å². The van der Waals surface area contributed by atoms with Gasteiger partial charge < -0.3 is 19.5 Å². The van der Waals surface area contributed by atoms with E-state index in [1.54, 1.807) is 48.5 Å². The van der Waals surface area contributed by atoms with Crippen LogP contribution in [0.25, 0.3) is 0 Å². The van der Waals surface area contributed by atoms with Crippen LogP contribution in [0.15, 0.2) is 54.6 Å². The van der Waals surface area contributed by atoms with Crippen molar-refractivity contribution in [1.82, 2.24) is 4.90 Å². The molecule has 176 valence electrons. The molecule has 2 aromatic rings. The number of rotatable bonds is 15. The molecule has 5 nitrogen and oxygen atoms in total. The van der Waals surface area contributed by atoms with Crippen LogP contribution in [-0.4, -0.2) is 48.8 Å². The monoisotopic (exact) mass is 441 g/mol. The van der Waals surface area contributed by atoms with Gasteiger partial charge in [0.25, 0.3) is 0 Å². The van der Waals surface area contributed by atoms with Gasteiger partial charge in [-0.25, -0.2) is 4.79 Å². The fourth-order valence-corrected chi connectivity index (χ4v) is 3.68. The van der Waals surface area contributed by atoms with Crippen molar-refractivity contribution < 1.29 is 19.4 Å². The first-order valence-corrected chi connectivity index (χ1v) is 12.0. The Hall–Kier alpha value is -2.37. The first kappa shape index (κ1) is 25.9. The van der Waals surface area contributed by atoms with Crippen LogP contribution in [0, 0.1) is 0 Å². The summed E-state index contributed by atoms with van der Waals surface area (Å²) >= 11 is 0. The van der Waals surface area contributed by atoms with Gasteiger partial charge in [0.05, 0.1) is 6.61 Å². The van der Waals surface area contributed by atoms with Gasteiger partial charge in [0.1, 0.15) is 12.4 Å². The fraction of sp³-hybridized carbons (Fsp3) is 0.519. The number of esters is 1. The molecule has 0 bridgehead atoms. The van der Waals surface area contributed by atoms with Crippen LogP contribution in [0.1, 0.15) is 64.0 Å². The van der Waals surface area contributed by atoms with Crippen molar-refractivity contribution in [2.45, 2.75) is 58.5 Å². The maximum absolute atomic E-state index is 13.1. The summed E-state index contributed by atoms with van der Waals surface area (Å²) in [6.07, 6.45) is 5.91. The van der Waals surface area contributed by atoms with Gasteiger partial charge in [0.2, 0.25) is 5.60 Å². The van der Waals surface area contributed by atoms with Crippen molar-refractivity contribution in [3.8, 4) is 5.75 Å². The number of benzene rings is 2. The molecule has 5 heteroatoms. The maximum atomic E-state index is 13.1. The van der Waals surface area contributed by atoms with E-state index in [4.69, 9.17) is 9.47 Å². The third-order valence-corrected chi connectivity index (χ3v) is 5.81. The van der Waals surface area contributed by atoms with E-state index in [0.717, 1.165) is 25.3 Å². The first-order chi connectivity index (χ1) is 15.6. The largest absolute Gasteiger partial charge is 0.494 e. The van der Waals surface area contributed by atoms with E-state index < -0.39 is 11.6 Å². The average Bonchev–Trinajstić information content (AvgIpc) is 2.84. The Balaban J connectivity index is 2.09. The molecule has 2 aromatic carbocycles. The predicted molar refractivity (Wildman–Crippen MR) is 129 cm³/mol. The number of hydrogen-bond donors (Lipinski definition) is 1. The van der Waals surface area contributed by atoms with Gasteiger partial charge in [0.15, 0.2) is 0 Å². The Labute approximate surface area is 193 Å². The van der Waals surface area contributed by atoms with E-state index in [-0.39, 0.29) is 6.61 Å². The number of unbranched alkanes of at least 4 members (excludes halogenated alkanes) is 4. The Morgan fingerprint density at radius 2 is 1.47 bits per heavy atom. The van der Waals surface area contributed by atoms with E-state index >= 15 is 0 Å². The zero-order chi connectivity index (χ0) is 23.2. The van der Waals surface area contributed by atoms with Crippen LogP contribution in [0.4, 0.5) is 0 Å². The molecule has 0 aromatic heterocycles. The molecule has 0 radical (unpaired) electrons. The van der Waals surface area contributed by atoms with E-state index in [1.165, 1.54) is 25.7 Å². The van der Waals surface area contributed by atoms with Gasteiger partial charge in [-0.3, -0.25) is 0 Å². The van der Waals surface area contributed by atoms with Crippen LogP contribution >= 0.6 is 0 Å². The number of aliphatic hydroxyl groups is 1. The maximum Gasteiger partial charge on any atom is 0.347 e. The molecule has 0 saturated heterocycles. The summed E-state index contributed by atoms with van der Waals surface area (Å²) in [6, 6.07) is 16.0. The highest BCUT2D eigenvalue weighted by molar-refractivity contribution is 5.85. The Kier molecular flexibility index (Phi) is 11.3. The lowest BCUT2D eigenvalue weighted by Crippen LogP contribution is -2.40. The van der Waals surface area contributed by atoms with E-state index in [9.17, 15) is 9.90 Å². The van der Waals surface area contributed by atoms with Crippen molar-refractivity contribution in [2.24, 2.45) is 0 Å². The third kappa shape index (κ3) is 7.35. The highest BCUT2D eigenvalue weighted by Crippen LogP contribution is 2.32. The van der Waals surface area contributed by atoms with Gasteiger partial charge in [-0.1, -0.05) is 88.9 Å². The first-order valence-electron chi connectivity index (χ1n) is 12.0. The topological polar surface area (TPSA) is 59.0 Å². The quantitative estimate of drug-likeness (QED) is 0.306. The zero-order valence-corrected chi connectivity index (χ0v) is 19.9. The molecule has 1 unspecified atom stereocenters. The van der Waals surface area contributed by atoms with Gasteiger partial charge in [0, 0.05) is 6.54 Å². The third-order valence-electron chi connectivity index (χ3n) is 5.81. The minimum atomic E-state index is -1.87. The molecular weight excluding hydrogens is 402 g/mol. The number of carbonyl (C=O) groups excluding carboxylic acids is 1. The normalized spacial score (nSPS) is 13.0. The van der Waals surface area contributed by atoms with Crippen molar-refractivity contribution in [1.29, 1.82) is 0 Å². The minimum absolute atomic E-state index is 0.231. The molecule has 0 aliphatic heterocycles. The highest BCUT2D eigenvalue weighted by Gasteiger charge is 2.41. The number of nitrogens with zero attached hydrogens (tertiary/aromatic N) is 1. The second-order valence-electron chi connectivity index (χ2n) is 8.03. The average molecular weight is 442 g/mol. The number of ether oxygens (including phenoxy) is 2. The lowest BCUT2D eigenvalue weighted by atomic mass is 9.86. The minimum Gasteiger partial charge on any atom is -0.494 e. The van der Waals surface area contributed by atoms with Crippen LogP contribution in [0.3, 0.4) is 0 Å². The molecule has 0 aliphatic carbocycles. The summed E-state index contributed by atoms with van der Waals surface area (Å²) < 4.78 is 11.4. The van der Waals surface area contributed by atoms with E-state index in [2.05, 4.69) is 25.7 Å². The summed E-state index contributed by atoms with van der Waals surface area (Å²) in [7, 11) is 0. The van der Waals surface area contributed by atoms with Gasteiger partial charge in [-0.15, -0.1) is 0 Å². The lowest BCUT2D eigenvalue weighted by molar-refractivity contribution is -0.162. The smallest absolute Gasteiger partial charge is 0.347 e. The molecule has 1 N–H and O–H groups in total. The highest BCUT2D eigenvalue weighted by atomic mass is 16.5. The lowest BCUT2D eigenvalue weighted by Gasteiger charge is -2.28.